The highest BCUT2D eigenvalue weighted by Gasteiger charge is 2.34. The van der Waals surface area contributed by atoms with Crippen LogP contribution in [0.5, 0.6) is 0 Å². The molecule has 0 aromatic rings. The zero-order chi connectivity index (χ0) is 11.9. The Morgan fingerprint density at radius 1 is 1.27 bits per heavy atom. The lowest BCUT2D eigenvalue weighted by Gasteiger charge is -2.25. The smallest absolute Gasteiger partial charge is 0.240 e. The van der Waals surface area contributed by atoms with Crippen molar-refractivity contribution in [3.63, 3.8) is 0 Å². The molecule has 0 radical (unpaired) electrons. The first kappa shape index (κ1) is 13.8. The van der Waals surface area contributed by atoms with E-state index in [9.17, 15) is 9.59 Å². The van der Waals surface area contributed by atoms with Gasteiger partial charge in [-0.05, 0) is 6.42 Å². The molecule has 0 aromatic carbocycles. The summed E-state index contributed by atoms with van der Waals surface area (Å²) >= 11 is 0. The van der Waals surface area contributed by atoms with E-state index in [1.807, 2.05) is 0 Å². The number of amides is 2. The van der Waals surface area contributed by atoms with Gasteiger partial charge in [0.05, 0.1) is 13.0 Å². The maximum absolute atomic E-state index is 11.5. The molecule has 0 aliphatic heterocycles. The van der Waals surface area contributed by atoms with Crippen molar-refractivity contribution < 1.29 is 19.8 Å². The minimum Gasteiger partial charge on any atom is -0.396 e. The molecule has 0 bridgehead atoms. The third kappa shape index (κ3) is 4.73. The van der Waals surface area contributed by atoms with Crippen molar-refractivity contribution >= 4 is 11.8 Å². The Balaban J connectivity index is 4.46. The van der Waals surface area contributed by atoms with Crippen LogP contribution in [-0.4, -0.2) is 47.3 Å². The molecule has 2 amide bonds. The summed E-state index contributed by atoms with van der Waals surface area (Å²) in [7, 11) is 0. The second kappa shape index (κ2) is 6.33. The molecule has 0 heterocycles. The lowest BCUT2D eigenvalue weighted by atomic mass is 9.91. The van der Waals surface area contributed by atoms with Gasteiger partial charge in [0.15, 0.2) is 0 Å². The fourth-order valence-corrected chi connectivity index (χ4v) is 1.14. The summed E-state index contributed by atoms with van der Waals surface area (Å²) in [5, 5.41) is 19.6. The van der Waals surface area contributed by atoms with Gasteiger partial charge >= 0.3 is 0 Å². The van der Waals surface area contributed by atoms with Gasteiger partial charge in [0.25, 0.3) is 0 Å². The molecule has 0 fully saturated rings. The minimum absolute atomic E-state index is 0.0436. The number of carbonyl (C=O) groups is 2. The number of hydrogen-bond donors (Lipinski definition) is 5. The molecule has 0 aromatic heterocycles. The molecule has 7 N–H and O–H groups in total. The van der Waals surface area contributed by atoms with Gasteiger partial charge in [0, 0.05) is 13.2 Å². The fraction of sp³-hybridized carbons (Fsp3) is 0.750. The van der Waals surface area contributed by atoms with E-state index in [4.69, 9.17) is 21.7 Å². The molecule has 0 saturated heterocycles. The maximum Gasteiger partial charge on any atom is 0.240 e. The summed E-state index contributed by atoms with van der Waals surface area (Å²) in [4.78, 5) is 22.2. The second-order valence-corrected chi connectivity index (χ2v) is 3.25. The lowest BCUT2D eigenvalue weighted by molar-refractivity contribution is -0.131. The minimum atomic E-state index is -1.50. The Morgan fingerprint density at radius 2 is 1.87 bits per heavy atom. The molecule has 88 valence electrons. The third-order valence-corrected chi connectivity index (χ3v) is 1.90. The molecule has 7 nitrogen and oxygen atoms in total. The normalized spacial score (nSPS) is 14.3. The van der Waals surface area contributed by atoms with E-state index in [2.05, 4.69) is 5.32 Å². The standard InChI is InChI=1S/C8H17N3O4/c9-6(14)5-8(10,1-3-12)7(15)11-2-4-13/h12-13H,1-5,10H2,(H2,9,14)(H,11,15). The number of primary amides is 1. The Kier molecular flexibility index (Phi) is 5.83. The van der Waals surface area contributed by atoms with Crippen LogP contribution in [0.1, 0.15) is 12.8 Å². The van der Waals surface area contributed by atoms with Crippen molar-refractivity contribution in [2.75, 3.05) is 19.8 Å². The van der Waals surface area contributed by atoms with Crippen molar-refractivity contribution in [1.29, 1.82) is 0 Å². The largest absolute Gasteiger partial charge is 0.396 e. The third-order valence-electron chi connectivity index (χ3n) is 1.90. The predicted octanol–water partition coefficient (Wildman–Crippen LogP) is -2.95. The molecular formula is C8H17N3O4. The number of aliphatic hydroxyl groups is 2. The van der Waals surface area contributed by atoms with Crippen LogP contribution < -0.4 is 16.8 Å². The van der Waals surface area contributed by atoms with Crippen LogP contribution in [0.3, 0.4) is 0 Å². The molecule has 15 heavy (non-hydrogen) atoms. The van der Waals surface area contributed by atoms with Gasteiger partial charge in [-0.1, -0.05) is 0 Å². The van der Waals surface area contributed by atoms with Gasteiger partial charge in [0.1, 0.15) is 5.54 Å². The quantitative estimate of drug-likeness (QED) is 0.311. The van der Waals surface area contributed by atoms with Gasteiger partial charge in [0.2, 0.25) is 11.8 Å². The lowest BCUT2D eigenvalue weighted by Crippen LogP contribution is -2.56. The molecule has 1 atom stereocenters. The molecular weight excluding hydrogens is 202 g/mol. The summed E-state index contributed by atoms with van der Waals surface area (Å²) < 4.78 is 0. The summed E-state index contributed by atoms with van der Waals surface area (Å²) in [6.45, 7) is -0.504. The SMILES string of the molecule is NC(=O)CC(N)(CCO)C(=O)NCCO. The maximum atomic E-state index is 11.5. The number of rotatable bonds is 7. The van der Waals surface area contributed by atoms with Crippen LogP contribution in [0.25, 0.3) is 0 Å². The number of carbonyl (C=O) groups excluding carboxylic acids is 2. The fourth-order valence-electron chi connectivity index (χ4n) is 1.14. The highest BCUT2D eigenvalue weighted by Crippen LogP contribution is 2.11. The van der Waals surface area contributed by atoms with Crippen LogP contribution >= 0.6 is 0 Å². The van der Waals surface area contributed by atoms with Gasteiger partial charge in [-0.3, -0.25) is 9.59 Å². The van der Waals surface area contributed by atoms with Gasteiger partial charge in [-0.2, -0.15) is 0 Å². The van der Waals surface area contributed by atoms with Crippen LogP contribution in [0.4, 0.5) is 0 Å². The molecule has 0 spiro atoms. The summed E-state index contributed by atoms with van der Waals surface area (Å²) in [6.07, 6.45) is -0.405. The molecule has 0 aliphatic rings. The first-order valence-corrected chi connectivity index (χ1v) is 4.53. The van der Waals surface area contributed by atoms with Crippen molar-refractivity contribution in [3.05, 3.63) is 0 Å². The van der Waals surface area contributed by atoms with E-state index in [-0.39, 0.29) is 32.6 Å². The summed E-state index contributed by atoms with van der Waals surface area (Å²) in [5.74, 6) is -1.32. The molecule has 0 aliphatic carbocycles. The zero-order valence-corrected chi connectivity index (χ0v) is 8.40. The van der Waals surface area contributed by atoms with Crippen molar-refractivity contribution in [2.45, 2.75) is 18.4 Å². The summed E-state index contributed by atoms with van der Waals surface area (Å²) in [6, 6.07) is 0. The van der Waals surface area contributed by atoms with Crippen molar-refractivity contribution in [3.8, 4) is 0 Å². The molecule has 0 rings (SSSR count). The highest BCUT2D eigenvalue weighted by atomic mass is 16.3. The van der Waals surface area contributed by atoms with E-state index >= 15 is 0 Å². The number of nitrogens with one attached hydrogen (secondary N) is 1. The predicted molar refractivity (Wildman–Crippen MR) is 52.5 cm³/mol. The molecule has 7 heteroatoms. The van der Waals surface area contributed by atoms with E-state index in [0.29, 0.717) is 0 Å². The van der Waals surface area contributed by atoms with E-state index < -0.39 is 17.4 Å². The van der Waals surface area contributed by atoms with Gasteiger partial charge in [-0.15, -0.1) is 0 Å². The topological polar surface area (TPSA) is 139 Å². The number of hydrogen-bond acceptors (Lipinski definition) is 5. The van der Waals surface area contributed by atoms with Gasteiger partial charge < -0.3 is 27.0 Å². The molecule has 1 unspecified atom stereocenters. The molecule has 0 saturated carbocycles. The van der Waals surface area contributed by atoms with Crippen LogP contribution in [0, 0.1) is 0 Å². The van der Waals surface area contributed by atoms with E-state index in [1.165, 1.54) is 0 Å². The van der Waals surface area contributed by atoms with Crippen molar-refractivity contribution in [2.24, 2.45) is 11.5 Å². The Bertz CT molecular complexity index is 234. The summed E-state index contributed by atoms with van der Waals surface area (Å²) in [5.41, 5.74) is 9.08. The van der Waals surface area contributed by atoms with Crippen LogP contribution in [0.15, 0.2) is 0 Å². The Morgan fingerprint density at radius 3 is 2.27 bits per heavy atom. The Hall–Kier alpha value is -1.18. The van der Waals surface area contributed by atoms with E-state index in [0.717, 1.165) is 0 Å². The van der Waals surface area contributed by atoms with Crippen molar-refractivity contribution in [1.82, 2.24) is 5.32 Å². The van der Waals surface area contributed by atoms with Gasteiger partial charge in [-0.25, -0.2) is 0 Å². The first-order valence-electron chi connectivity index (χ1n) is 4.53. The first-order chi connectivity index (χ1) is 6.96. The zero-order valence-electron chi connectivity index (χ0n) is 8.40. The monoisotopic (exact) mass is 219 g/mol. The van der Waals surface area contributed by atoms with Crippen LogP contribution in [0.2, 0.25) is 0 Å². The second-order valence-electron chi connectivity index (χ2n) is 3.25. The Labute approximate surface area is 87.4 Å². The average Bonchev–Trinajstić information content (AvgIpc) is 2.13. The number of aliphatic hydroxyl groups excluding tert-OH is 2. The van der Waals surface area contributed by atoms with E-state index in [1.54, 1.807) is 0 Å². The average molecular weight is 219 g/mol. The van der Waals surface area contributed by atoms with Crippen LogP contribution in [-0.2, 0) is 9.59 Å². The number of nitrogens with two attached hydrogens (primary N) is 2. The highest BCUT2D eigenvalue weighted by molar-refractivity contribution is 5.91.